The van der Waals surface area contributed by atoms with Crippen LogP contribution in [0.3, 0.4) is 0 Å². The topological polar surface area (TPSA) is 415 Å². The van der Waals surface area contributed by atoms with Gasteiger partial charge in [0.05, 0.1) is 24.6 Å². The minimum Gasteiger partial charge on any atom is -0.508 e. The molecule has 87 heavy (non-hydrogen) atoms. The summed E-state index contributed by atoms with van der Waals surface area (Å²) in [5, 5.41) is 66.6. The molecule has 0 saturated carbocycles. The van der Waals surface area contributed by atoms with Gasteiger partial charge in [-0.15, -0.1) is 11.8 Å². The molecule has 16 N–H and O–H groups in total. The van der Waals surface area contributed by atoms with Crippen molar-refractivity contribution in [2.75, 3.05) is 18.2 Å². The van der Waals surface area contributed by atoms with Crippen molar-refractivity contribution in [2.24, 2.45) is 35.3 Å². The van der Waals surface area contributed by atoms with Crippen molar-refractivity contribution in [3.05, 3.63) is 59.7 Å². The summed E-state index contributed by atoms with van der Waals surface area (Å²) in [5.74, 6) is -10.8. The van der Waals surface area contributed by atoms with Gasteiger partial charge in [-0.1, -0.05) is 106 Å². The first-order chi connectivity index (χ1) is 40.8. The number of hydrogen-bond acceptors (Lipinski definition) is 16. The van der Waals surface area contributed by atoms with Gasteiger partial charge in [-0.2, -0.15) is 0 Å². The first-order valence-electron chi connectivity index (χ1n) is 29.5. The number of nitrogens with one attached hydrogen (secondary N) is 10. The number of thioether (sulfide) groups is 1. The van der Waals surface area contributed by atoms with Gasteiger partial charge in [0.15, 0.2) is 0 Å². The Hall–Kier alpha value is -7.52. The number of benzene rings is 2. The van der Waals surface area contributed by atoms with E-state index in [4.69, 9.17) is 5.73 Å². The highest BCUT2D eigenvalue weighted by molar-refractivity contribution is 7.99. The molecule has 0 bridgehead atoms. The van der Waals surface area contributed by atoms with Gasteiger partial charge in [0.1, 0.15) is 59.8 Å². The number of aliphatic hydroxyl groups excluding tert-OH is 1. The fraction of sp³-hybridized carbons (Fsp3) is 0.617. The van der Waals surface area contributed by atoms with Crippen LogP contribution in [0.25, 0.3) is 0 Å². The summed E-state index contributed by atoms with van der Waals surface area (Å²) in [6.07, 6.45) is -0.768. The third-order valence-corrected chi connectivity index (χ3v) is 15.1. The van der Waals surface area contributed by atoms with Crippen LogP contribution in [-0.4, -0.2) is 164 Å². The lowest BCUT2D eigenvalue weighted by molar-refractivity contribution is -0.142. The highest BCUT2D eigenvalue weighted by Crippen LogP contribution is 2.17. The third-order valence-electron chi connectivity index (χ3n) is 14.2. The molecule has 0 aliphatic rings. The van der Waals surface area contributed by atoms with Gasteiger partial charge < -0.3 is 79.3 Å². The number of rotatable bonds is 38. The molecule has 0 aliphatic carbocycles. The molecule has 0 aromatic heterocycles. The van der Waals surface area contributed by atoms with Crippen molar-refractivity contribution in [2.45, 2.75) is 189 Å². The molecule has 2 aromatic rings. The van der Waals surface area contributed by atoms with Crippen molar-refractivity contribution >= 4 is 76.8 Å². The maximum absolute atomic E-state index is 14.3. The van der Waals surface area contributed by atoms with Crippen molar-refractivity contribution in [3.8, 4) is 11.5 Å². The first-order valence-corrected chi connectivity index (χ1v) is 30.7. The molecule has 27 heteroatoms. The Bertz CT molecular complexity index is 2610. The van der Waals surface area contributed by atoms with E-state index in [0.717, 1.165) is 11.8 Å². The number of nitrogens with two attached hydrogens (primary N) is 1. The smallest absolute Gasteiger partial charge is 0.326 e. The second-order valence-corrected chi connectivity index (χ2v) is 24.4. The summed E-state index contributed by atoms with van der Waals surface area (Å²) in [6, 6.07) is -0.417. The average Bonchev–Trinajstić information content (AvgIpc) is 2.38. The number of carbonyl (C=O) groups excluding carboxylic acids is 10. The molecular formula is C60H95N11O15S. The van der Waals surface area contributed by atoms with Gasteiger partial charge in [-0.3, -0.25) is 47.9 Å². The maximum Gasteiger partial charge on any atom is 0.326 e. The molecule has 486 valence electrons. The SMILES string of the molecule is CC[C@H](C)[C@H](N)C(=O)N[C@H](C(=O)N[C@@H](Cc1ccc(O)cc1)C(=O)N[C@H](C(=O)N[C@@H](CC(C)C)C(=O)N[C@@H](CSCNC(C)=O)C(=O)NCC(=O)N[C@@H](CC(C)C)C(=O)N[C@@H](Cc1ccc(O)cc1)C(=O)N[C@@H](CC(C)C)C(=O)O)[C@@H](C)O)[C@@H](C)CC. The largest absolute Gasteiger partial charge is 0.508 e. The molecule has 2 rings (SSSR count). The second-order valence-electron chi connectivity index (χ2n) is 23.4. The minimum atomic E-state index is -1.74. The number of aliphatic carboxylic acids is 1. The summed E-state index contributed by atoms with van der Waals surface area (Å²) in [6.45, 7) is 19.6. The number of aromatic hydroxyl groups is 2. The van der Waals surface area contributed by atoms with Crippen molar-refractivity contribution in [1.29, 1.82) is 0 Å². The van der Waals surface area contributed by atoms with E-state index in [1.165, 1.54) is 62.4 Å². The molecule has 0 heterocycles. The van der Waals surface area contributed by atoms with Crippen LogP contribution in [0.1, 0.15) is 126 Å². The van der Waals surface area contributed by atoms with E-state index in [9.17, 15) is 73.2 Å². The van der Waals surface area contributed by atoms with Crippen molar-refractivity contribution < 1.29 is 73.2 Å². The predicted molar refractivity (Wildman–Crippen MR) is 328 cm³/mol. The number of carboxylic acids is 1. The van der Waals surface area contributed by atoms with Gasteiger partial charge in [0.25, 0.3) is 0 Å². The van der Waals surface area contributed by atoms with E-state index >= 15 is 0 Å². The van der Waals surface area contributed by atoms with E-state index in [1.54, 1.807) is 55.4 Å². The zero-order valence-electron chi connectivity index (χ0n) is 52.1. The lowest BCUT2D eigenvalue weighted by Crippen LogP contribution is -2.62. The average molecular weight is 1240 g/mol. The molecule has 2 aromatic carbocycles. The van der Waals surface area contributed by atoms with E-state index in [2.05, 4.69) is 53.2 Å². The summed E-state index contributed by atoms with van der Waals surface area (Å²) in [4.78, 5) is 149. The molecule has 0 aliphatic heterocycles. The van der Waals surface area contributed by atoms with Crippen molar-refractivity contribution in [1.82, 2.24) is 53.2 Å². The maximum atomic E-state index is 14.3. The Morgan fingerprint density at radius 2 is 0.862 bits per heavy atom. The standard InChI is InChI=1S/C60H95N11O15S/c1-13-34(9)49(61)57(82)70-50(35(10)14-2)58(83)67-45(27-39-17-21-41(75)22-18-39)56(81)71-51(36(11)72)59(84)66-43(24-32(5)6)54(79)69-47(29-87-30-63-37(12)73)52(77)62-28-48(76)64-42(23-31(3)4)53(78)65-44(26-38-15-19-40(74)20-16-38)55(80)68-46(60(85)86)25-33(7)8/h15-22,31-36,42-47,49-51,72,74-75H,13-14,23-30,61H2,1-12H3,(H,62,77)(H,63,73)(H,64,76)(H,65,78)(H,66,84)(H,67,83)(H,68,80)(H,69,79)(H,70,82)(H,71,81)(H,85,86)/t34-,35-,36+,42-,43-,44-,45-,46-,47-,49-,50-,51-/m0/s1. The van der Waals surface area contributed by atoms with Crippen molar-refractivity contribution in [3.63, 3.8) is 0 Å². The molecule has 12 atom stereocenters. The lowest BCUT2D eigenvalue weighted by atomic mass is 9.95. The zero-order valence-corrected chi connectivity index (χ0v) is 52.9. The zero-order chi connectivity index (χ0) is 65.8. The van der Waals surface area contributed by atoms with Crippen LogP contribution >= 0.6 is 11.8 Å². The van der Waals surface area contributed by atoms with Crippen LogP contribution < -0.4 is 58.9 Å². The van der Waals surface area contributed by atoms with Crippen LogP contribution in [0.4, 0.5) is 0 Å². The molecule has 0 fully saturated rings. The monoisotopic (exact) mass is 1240 g/mol. The Morgan fingerprint density at radius 3 is 1.31 bits per heavy atom. The fourth-order valence-corrected chi connectivity index (χ4v) is 9.66. The van der Waals surface area contributed by atoms with Gasteiger partial charge >= 0.3 is 5.97 Å². The van der Waals surface area contributed by atoms with E-state index in [0.29, 0.717) is 24.0 Å². The molecule has 0 saturated heterocycles. The number of amides is 10. The van der Waals surface area contributed by atoms with E-state index < -0.39 is 132 Å². The van der Waals surface area contributed by atoms with E-state index in [-0.39, 0.29) is 84.8 Å². The Kier molecular flexibility index (Phi) is 32.9. The number of hydrogen-bond donors (Lipinski definition) is 15. The number of carbonyl (C=O) groups is 11. The summed E-state index contributed by atoms with van der Waals surface area (Å²) < 4.78 is 0. The van der Waals surface area contributed by atoms with Gasteiger partial charge in [-0.05, 0) is 91.2 Å². The van der Waals surface area contributed by atoms with Crippen LogP contribution in [0.2, 0.25) is 0 Å². The predicted octanol–water partition coefficient (Wildman–Crippen LogP) is 0.728. The number of aliphatic hydroxyl groups is 1. The number of phenols is 2. The molecule has 26 nitrogen and oxygen atoms in total. The molecular weight excluding hydrogens is 1150 g/mol. The summed E-state index contributed by atoms with van der Waals surface area (Å²) >= 11 is 1.03. The molecule has 0 spiro atoms. The van der Waals surface area contributed by atoms with Gasteiger partial charge in [0.2, 0.25) is 59.1 Å². The highest BCUT2D eigenvalue weighted by atomic mass is 32.2. The minimum absolute atomic E-state index is 0.00262. The molecule has 10 amide bonds. The van der Waals surface area contributed by atoms with Gasteiger partial charge in [0, 0.05) is 25.5 Å². The van der Waals surface area contributed by atoms with Crippen LogP contribution in [0.5, 0.6) is 11.5 Å². The Labute approximate surface area is 514 Å². The van der Waals surface area contributed by atoms with Crippen LogP contribution in [0, 0.1) is 29.6 Å². The second kappa shape index (κ2) is 37.9. The van der Waals surface area contributed by atoms with E-state index in [1.807, 2.05) is 13.8 Å². The quantitative estimate of drug-likeness (QED) is 0.0325. The first kappa shape index (κ1) is 75.6. The fourth-order valence-electron chi connectivity index (χ4n) is 8.76. The summed E-state index contributed by atoms with van der Waals surface area (Å²) in [7, 11) is 0. The normalized spacial score (nSPS) is 15.5. The third kappa shape index (κ3) is 27.8. The Morgan fingerprint density at radius 1 is 0.471 bits per heavy atom. The van der Waals surface area contributed by atoms with Crippen LogP contribution in [0.15, 0.2) is 48.5 Å². The number of carboxylic acid groups (broad SMARTS) is 1. The lowest BCUT2D eigenvalue weighted by Gasteiger charge is -2.30. The Balaban J connectivity index is 2.42. The number of phenolic OH excluding ortho intramolecular Hbond substituents is 2. The summed E-state index contributed by atoms with van der Waals surface area (Å²) in [5.41, 5.74) is 7.19. The van der Waals surface area contributed by atoms with Gasteiger partial charge in [-0.25, -0.2) is 4.79 Å². The molecule has 0 radical (unpaired) electrons. The highest BCUT2D eigenvalue weighted by Gasteiger charge is 2.37. The van der Waals surface area contributed by atoms with Crippen LogP contribution in [-0.2, 0) is 65.6 Å². The molecule has 0 unspecified atom stereocenters.